The summed E-state index contributed by atoms with van der Waals surface area (Å²) >= 11 is 5.94. The van der Waals surface area contributed by atoms with Crippen LogP contribution in [0.2, 0.25) is 5.02 Å². The molecule has 1 saturated heterocycles. The molecule has 1 aliphatic carbocycles. The Kier molecular flexibility index (Phi) is 3.32. The van der Waals surface area contributed by atoms with E-state index in [9.17, 15) is 4.79 Å². The van der Waals surface area contributed by atoms with Crippen molar-refractivity contribution in [3.8, 4) is 11.8 Å². The summed E-state index contributed by atoms with van der Waals surface area (Å²) in [6, 6.07) is 8.97. The van der Waals surface area contributed by atoms with Gasteiger partial charge in [-0.25, -0.2) is 4.98 Å². The van der Waals surface area contributed by atoms with E-state index in [4.69, 9.17) is 11.6 Å². The highest BCUT2D eigenvalue weighted by Crippen LogP contribution is 2.57. The molecule has 23 heavy (non-hydrogen) atoms. The van der Waals surface area contributed by atoms with Crippen molar-refractivity contribution in [2.75, 3.05) is 13.1 Å². The molecule has 0 N–H and O–H groups in total. The Labute approximate surface area is 139 Å². The Bertz CT molecular complexity index is 827. The van der Waals surface area contributed by atoms with E-state index in [2.05, 4.69) is 21.8 Å². The normalized spacial score (nSPS) is 24.6. The maximum atomic E-state index is 12.5. The van der Waals surface area contributed by atoms with Gasteiger partial charge < -0.3 is 4.90 Å². The third-order valence-electron chi connectivity index (χ3n) is 4.48. The van der Waals surface area contributed by atoms with E-state index < -0.39 is 0 Å². The molecule has 0 aromatic carbocycles. The second kappa shape index (κ2) is 5.36. The Morgan fingerprint density at radius 1 is 1.30 bits per heavy atom. The van der Waals surface area contributed by atoms with Crippen molar-refractivity contribution in [3.63, 3.8) is 0 Å². The van der Waals surface area contributed by atoms with Crippen LogP contribution in [-0.4, -0.2) is 33.9 Å². The van der Waals surface area contributed by atoms with Gasteiger partial charge in [0.2, 0.25) is 0 Å². The molecule has 3 heterocycles. The zero-order valence-corrected chi connectivity index (χ0v) is 13.1. The fourth-order valence-corrected chi connectivity index (χ4v) is 3.30. The predicted octanol–water partition coefficient (Wildman–Crippen LogP) is 2.64. The summed E-state index contributed by atoms with van der Waals surface area (Å²) in [4.78, 5) is 22.7. The van der Waals surface area contributed by atoms with E-state index in [-0.39, 0.29) is 11.3 Å². The number of carbonyl (C=O) groups excluding carboxylic acids is 1. The lowest BCUT2D eigenvalue weighted by molar-refractivity contribution is 0.0765. The lowest BCUT2D eigenvalue weighted by Crippen LogP contribution is -2.32. The van der Waals surface area contributed by atoms with Gasteiger partial charge >= 0.3 is 0 Å². The number of likely N-dealkylation sites (tertiary alicyclic amines) is 1. The summed E-state index contributed by atoms with van der Waals surface area (Å²) in [5, 5.41) is 0.525. The number of aromatic nitrogens is 2. The summed E-state index contributed by atoms with van der Waals surface area (Å²) in [5.74, 6) is 6.87. The highest BCUT2D eigenvalue weighted by atomic mass is 35.5. The highest BCUT2D eigenvalue weighted by molar-refractivity contribution is 6.30. The molecular formula is C18H14ClN3O. The van der Waals surface area contributed by atoms with Gasteiger partial charge in [0.1, 0.15) is 11.4 Å². The first-order chi connectivity index (χ1) is 11.2. The summed E-state index contributed by atoms with van der Waals surface area (Å²) in [6.45, 7) is 1.40. The fraction of sp³-hybridized carbons (Fsp3) is 0.278. The molecule has 4 nitrogen and oxygen atoms in total. The molecule has 0 spiro atoms. The van der Waals surface area contributed by atoms with Crippen molar-refractivity contribution in [1.82, 2.24) is 14.9 Å². The van der Waals surface area contributed by atoms with Crippen LogP contribution >= 0.6 is 11.6 Å². The quantitative estimate of drug-likeness (QED) is 0.758. The van der Waals surface area contributed by atoms with E-state index in [1.807, 2.05) is 23.1 Å². The molecule has 1 aliphatic heterocycles. The van der Waals surface area contributed by atoms with Crippen LogP contribution in [0.5, 0.6) is 0 Å². The van der Waals surface area contributed by atoms with Crippen LogP contribution in [0.4, 0.5) is 0 Å². The zero-order valence-electron chi connectivity index (χ0n) is 12.4. The second-order valence-electron chi connectivity index (χ2n) is 6.07. The number of halogens is 1. The molecule has 5 heteroatoms. The van der Waals surface area contributed by atoms with Gasteiger partial charge in [0.05, 0.1) is 5.41 Å². The summed E-state index contributed by atoms with van der Waals surface area (Å²) < 4.78 is 0. The monoisotopic (exact) mass is 323 g/mol. The first-order valence-corrected chi connectivity index (χ1v) is 7.89. The predicted molar refractivity (Wildman–Crippen MR) is 86.8 cm³/mol. The minimum absolute atomic E-state index is 0.0637. The molecule has 2 aromatic rings. The van der Waals surface area contributed by atoms with Gasteiger partial charge in [0, 0.05) is 30.5 Å². The molecule has 1 saturated carbocycles. The van der Waals surface area contributed by atoms with E-state index in [0.29, 0.717) is 23.2 Å². The van der Waals surface area contributed by atoms with E-state index in [1.54, 1.807) is 24.5 Å². The minimum atomic E-state index is -0.0706. The highest BCUT2D eigenvalue weighted by Gasteiger charge is 2.60. The number of fused-ring (bicyclic) bond motifs is 1. The molecule has 114 valence electrons. The molecule has 4 rings (SSSR count). The maximum Gasteiger partial charge on any atom is 0.272 e. The van der Waals surface area contributed by atoms with Crippen molar-refractivity contribution >= 4 is 17.5 Å². The standard InChI is InChI=1S/C18H14ClN3O/c19-14-5-8-21-16(9-14)17(23)22-11-13-10-18(13,12-22)6-4-15-3-1-2-7-20-15/h1-3,5,7-9,13H,10-12H2. The largest absolute Gasteiger partial charge is 0.335 e. The lowest BCUT2D eigenvalue weighted by Gasteiger charge is -2.18. The fourth-order valence-electron chi connectivity index (χ4n) is 3.14. The van der Waals surface area contributed by atoms with Crippen LogP contribution in [0.25, 0.3) is 0 Å². The second-order valence-corrected chi connectivity index (χ2v) is 6.50. The number of hydrogen-bond donors (Lipinski definition) is 0. The molecule has 2 unspecified atom stereocenters. The van der Waals surface area contributed by atoms with Gasteiger partial charge in [0.25, 0.3) is 5.91 Å². The Morgan fingerprint density at radius 3 is 3.00 bits per heavy atom. The van der Waals surface area contributed by atoms with E-state index >= 15 is 0 Å². The minimum Gasteiger partial charge on any atom is -0.335 e. The molecule has 0 bridgehead atoms. The topological polar surface area (TPSA) is 46.1 Å². The number of hydrogen-bond acceptors (Lipinski definition) is 3. The Morgan fingerprint density at radius 2 is 2.22 bits per heavy atom. The van der Waals surface area contributed by atoms with Crippen LogP contribution in [0, 0.1) is 23.2 Å². The lowest BCUT2D eigenvalue weighted by atomic mass is 10.1. The van der Waals surface area contributed by atoms with Crippen molar-refractivity contribution < 1.29 is 4.79 Å². The number of amides is 1. The number of pyridine rings is 2. The Balaban J connectivity index is 1.50. The summed E-state index contributed by atoms with van der Waals surface area (Å²) in [5.41, 5.74) is 1.10. The molecule has 0 radical (unpaired) electrons. The zero-order chi connectivity index (χ0) is 15.9. The van der Waals surface area contributed by atoms with Gasteiger partial charge in [0.15, 0.2) is 0 Å². The number of carbonyl (C=O) groups is 1. The van der Waals surface area contributed by atoms with Crippen LogP contribution in [0.3, 0.4) is 0 Å². The molecular weight excluding hydrogens is 310 g/mol. The first kappa shape index (κ1) is 14.2. The summed E-state index contributed by atoms with van der Waals surface area (Å²) in [6.07, 6.45) is 4.35. The number of rotatable bonds is 1. The summed E-state index contributed by atoms with van der Waals surface area (Å²) in [7, 11) is 0. The SMILES string of the molecule is O=C(c1cc(Cl)ccn1)N1CC2CC2(C#Cc2ccccn2)C1. The van der Waals surface area contributed by atoms with Gasteiger partial charge in [-0.1, -0.05) is 23.6 Å². The average Bonchev–Trinajstić information content (AvgIpc) is 3.14. The molecule has 2 aromatic heterocycles. The number of piperidine rings is 1. The third-order valence-corrected chi connectivity index (χ3v) is 4.71. The van der Waals surface area contributed by atoms with Crippen molar-refractivity contribution in [3.05, 3.63) is 59.1 Å². The van der Waals surface area contributed by atoms with Crippen LogP contribution in [-0.2, 0) is 0 Å². The Hall–Kier alpha value is -2.38. The van der Waals surface area contributed by atoms with Crippen LogP contribution in [0.1, 0.15) is 22.6 Å². The van der Waals surface area contributed by atoms with Gasteiger partial charge in [-0.3, -0.25) is 9.78 Å². The molecule has 2 fully saturated rings. The van der Waals surface area contributed by atoms with Gasteiger partial charge in [-0.2, -0.15) is 0 Å². The number of nitrogens with zero attached hydrogens (tertiary/aromatic N) is 3. The third kappa shape index (κ3) is 2.69. The van der Waals surface area contributed by atoms with Crippen molar-refractivity contribution in [2.24, 2.45) is 11.3 Å². The first-order valence-electron chi connectivity index (χ1n) is 7.51. The molecule has 2 atom stereocenters. The van der Waals surface area contributed by atoms with Gasteiger partial charge in [-0.05, 0) is 42.5 Å². The molecule has 1 amide bonds. The van der Waals surface area contributed by atoms with Gasteiger partial charge in [-0.15, -0.1) is 0 Å². The molecule has 2 aliphatic rings. The van der Waals surface area contributed by atoms with Crippen LogP contribution in [0.15, 0.2) is 42.7 Å². The van der Waals surface area contributed by atoms with E-state index in [0.717, 1.165) is 18.7 Å². The van der Waals surface area contributed by atoms with Crippen molar-refractivity contribution in [2.45, 2.75) is 6.42 Å². The smallest absolute Gasteiger partial charge is 0.272 e. The van der Waals surface area contributed by atoms with E-state index in [1.165, 1.54) is 0 Å². The van der Waals surface area contributed by atoms with Crippen molar-refractivity contribution in [1.29, 1.82) is 0 Å². The van der Waals surface area contributed by atoms with Crippen LogP contribution < -0.4 is 0 Å². The average molecular weight is 324 g/mol. The maximum absolute atomic E-state index is 12.5.